The molecule has 2 aliphatic heterocycles. The summed E-state index contributed by atoms with van der Waals surface area (Å²) < 4.78 is 5.42. The van der Waals surface area contributed by atoms with E-state index >= 15 is 0 Å². The second-order valence-corrected chi connectivity index (χ2v) is 7.51. The van der Waals surface area contributed by atoms with Crippen LogP contribution in [0.15, 0.2) is 22.8 Å². The standard InChI is InChI=1S/C19H27N3O3/c23-18(21-6-2-1-3-7-21)14-20-8-10-22(11-9-20)19(24)16-13-15(16)17-5-4-12-25-17/h4-5,12,15-16H,1-3,6-11,13-14H2. The highest BCUT2D eigenvalue weighted by atomic mass is 16.3. The van der Waals surface area contributed by atoms with Crippen LogP contribution in [0.3, 0.4) is 0 Å². The number of hydrogen-bond acceptors (Lipinski definition) is 4. The minimum atomic E-state index is 0.0904. The van der Waals surface area contributed by atoms with Gasteiger partial charge in [-0.1, -0.05) is 0 Å². The lowest BCUT2D eigenvalue weighted by Crippen LogP contribution is -2.52. The van der Waals surface area contributed by atoms with Crippen LogP contribution >= 0.6 is 0 Å². The zero-order chi connectivity index (χ0) is 17.2. The summed E-state index contributed by atoms with van der Waals surface area (Å²) in [6.45, 7) is 5.37. The molecule has 1 aliphatic carbocycles. The van der Waals surface area contributed by atoms with E-state index in [1.807, 2.05) is 21.9 Å². The van der Waals surface area contributed by atoms with Crippen molar-refractivity contribution in [2.75, 3.05) is 45.8 Å². The van der Waals surface area contributed by atoms with Gasteiger partial charge in [0.15, 0.2) is 0 Å². The molecule has 1 aromatic heterocycles. The van der Waals surface area contributed by atoms with Crippen LogP contribution in [0.1, 0.15) is 37.4 Å². The average Bonchev–Trinajstić information content (AvgIpc) is 3.27. The van der Waals surface area contributed by atoms with Gasteiger partial charge in [-0.05, 0) is 37.8 Å². The van der Waals surface area contributed by atoms with Gasteiger partial charge in [0.2, 0.25) is 11.8 Å². The van der Waals surface area contributed by atoms with Crippen molar-refractivity contribution >= 4 is 11.8 Å². The van der Waals surface area contributed by atoms with Crippen LogP contribution in [-0.4, -0.2) is 72.3 Å². The predicted molar refractivity (Wildman–Crippen MR) is 93.0 cm³/mol. The van der Waals surface area contributed by atoms with Gasteiger partial charge in [-0.3, -0.25) is 14.5 Å². The Balaban J connectivity index is 1.22. The lowest BCUT2D eigenvalue weighted by atomic mass is 10.1. The van der Waals surface area contributed by atoms with Crippen LogP contribution in [0.25, 0.3) is 0 Å². The van der Waals surface area contributed by atoms with Crippen molar-refractivity contribution in [1.82, 2.24) is 14.7 Å². The molecule has 2 atom stereocenters. The van der Waals surface area contributed by atoms with Crippen LogP contribution in [-0.2, 0) is 9.59 Å². The van der Waals surface area contributed by atoms with E-state index in [1.165, 1.54) is 6.42 Å². The van der Waals surface area contributed by atoms with Crippen LogP contribution in [0, 0.1) is 5.92 Å². The minimum Gasteiger partial charge on any atom is -0.469 e. The number of likely N-dealkylation sites (tertiary alicyclic amines) is 1. The zero-order valence-corrected chi connectivity index (χ0v) is 14.7. The highest BCUT2D eigenvalue weighted by Gasteiger charge is 2.47. The van der Waals surface area contributed by atoms with Crippen LogP contribution in [0.5, 0.6) is 0 Å². The molecule has 1 aromatic rings. The largest absolute Gasteiger partial charge is 0.469 e. The van der Waals surface area contributed by atoms with E-state index in [4.69, 9.17) is 4.42 Å². The minimum absolute atomic E-state index is 0.0904. The van der Waals surface area contributed by atoms with Gasteiger partial charge in [0.05, 0.1) is 12.8 Å². The molecule has 0 spiro atoms. The molecular weight excluding hydrogens is 318 g/mol. The van der Waals surface area contributed by atoms with Crippen molar-refractivity contribution in [3.8, 4) is 0 Å². The molecule has 3 heterocycles. The highest BCUT2D eigenvalue weighted by Crippen LogP contribution is 2.48. The average molecular weight is 345 g/mol. The Morgan fingerprint density at radius 2 is 1.76 bits per heavy atom. The van der Waals surface area contributed by atoms with Gasteiger partial charge in [-0.25, -0.2) is 0 Å². The Labute approximate surface area is 148 Å². The number of amides is 2. The maximum absolute atomic E-state index is 12.6. The summed E-state index contributed by atoms with van der Waals surface area (Å²) in [5.41, 5.74) is 0. The van der Waals surface area contributed by atoms with Crippen molar-refractivity contribution in [2.24, 2.45) is 5.92 Å². The maximum atomic E-state index is 12.6. The Morgan fingerprint density at radius 1 is 1.00 bits per heavy atom. The van der Waals surface area contributed by atoms with Crippen molar-refractivity contribution in [3.63, 3.8) is 0 Å². The smallest absolute Gasteiger partial charge is 0.236 e. The molecule has 1 saturated carbocycles. The van der Waals surface area contributed by atoms with Crippen molar-refractivity contribution in [3.05, 3.63) is 24.2 Å². The SMILES string of the molecule is O=C(CN1CCN(C(=O)C2CC2c2ccco2)CC1)N1CCCCC1. The number of carbonyl (C=O) groups is 2. The molecule has 3 aliphatic rings. The van der Waals surface area contributed by atoms with Crippen LogP contribution in [0.2, 0.25) is 0 Å². The fourth-order valence-corrected chi connectivity index (χ4v) is 4.08. The van der Waals surface area contributed by atoms with Crippen molar-refractivity contribution in [2.45, 2.75) is 31.6 Å². The summed E-state index contributed by atoms with van der Waals surface area (Å²) in [6.07, 6.45) is 6.08. The first-order valence-corrected chi connectivity index (χ1v) is 9.54. The second-order valence-electron chi connectivity index (χ2n) is 7.51. The van der Waals surface area contributed by atoms with Crippen LogP contribution in [0.4, 0.5) is 0 Å². The van der Waals surface area contributed by atoms with Crippen molar-refractivity contribution in [1.29, 1.82) is 0 Å². The second kappa shape index (κ2) is 7.20. The first-order valence-electron chi connectivity index (χ1n) is 9.54. The molecule has 4 rings (SSSR count). The maximum Gasteiger partial charge on any atom is 0.236 e. The Hall–Kier alpha value is -1.82. The number of hydrogen-bond donors (Lipinski definition) is 0. The quantitative estimate of drug-likeness (QED) is 0.831. The number of furan rings is 1. The fraction of sp³-hybridized carbons (Fsp3) is 0.684. The number of nitrogens with zero attached hydrogens (tertiary/aromatic N) is 3. The molecule has 2 amide bonds. The van der Waals surface area contributed by atoms with Crippen molar-refractivity contribution < 1.29 is 14.0 Å². The van der Waals surface area contributed by atoms with E-state index in [0.29, 0.717) is 6.54 Å². The lowest BCUT2D eigenvalue weighted by Gasteiger charge is -2.36. The first-order chi connectivity index (χ1) is 12.2. The summed E-state index contributed by atoms with van der Waals surface area (Å²) >= 11 is 0. The van der Waals surface area contributed by atoms with E-state index in [2.05, 4.69) is 4.90 Å². The van der Waals surface area contributed by atoms with Gasteiger partial charge in [-0.15, -0.1) is 0 Å². The monoisotopic (exact) mass is 345 g/mol. The summed E-state index contributed by atoms with van der Waals surface area (Å²) in [4.78, 5) is 31.2. The zero-order valence-electron chi connectivity index (χ0n) is 14.7. The molecule has 0 aromatic carbocycles. The Morgan fingerprint density at radius 3 is 2.44 bits per heavy atom. The molecule has 2 saturated heterocycles. The fourth-order valence-electron chi connectivity index (χ4n) is 4.08. The Kier molecular flexibility index (Phi) is 4.79. The number of rotatable bonds is 4. The third-order valence-electron chi connectivity index (χ3n) is 5.77. The molecule has 6 nitrogen and oxygen atoms in total. The van der Waals surface area contributed by atoms with Gasteiger partial charge in [0.25, 0.3) is 0 Å². The normalized spacial score (nSPS) is 27.4. The molecule has 25 heavy (non-hydrogen) atoms. The molecule has 3 fully saturated rings. The lowest BCUT2D eigenvalue weighted by molar-refractivity contribution is -0.136. The van der Waals surface area contributed by atoms with Crippen LogP contribution < -0.4 is 0 Å². The van der Waals surface area contributed by atoms with Gasteiger partial charge in [0.1, 0.15) is 5.76 Å². The van der Waals surface area contributed by atoms with E-state index in [0.717, 1.165) is 64.3 Å². The van der Waals surface area contributed by atoms with Gasteiger partial charge >= 0.3 is 0 Å². The first kappa shape index (κ1) is 16.6. The molecule has 0 N–H and O–H groups in total. The molecular formula is C19H27N3O3. The van der Waals surface area contributed by atoms with E-state index in [-0.39, 0.29) is 23.7 Å². The van der Waals surface area contributed by atoms with E-state index in [9.17, 15) is 9.59 Å². The Bertz CT molecular complexity index is 601. The predicted octanol–water partition coefficient (Wildman–Crippen LogP) is 1.54. The summed E-state index contributed by atoms with van der Waals surface area (Å²) in [5.74, 6) is 1.79. The third-order valence-corrected chi connectivity index (χ3v) is 5.77. The summed E-state index contributed by atoms with van der Waals surface area (Å²) in [5, 5.41) is 0. The summed E-state index contributed by atoms with van der Waals surface area (Å²) in [7, 11) is 0. The van der Waals surface area contributed by atoms with Gasteiger partial charge < -0.3 is 14.2 Å². The van der Waals surface area contributed by atoms with Gasteiger partial charge in [0, 0.05) is 51.1 Å². The summed E-state index contributed by atoms with van der Waals surface area (Å²) in [6, 6.07) is 3.84. The number of piperazine rings is 1. The van der Waals surface area contributed by atoms with E-state index in [1.54, 1.807) is 6.26 Å². The molecule has 0 bridgehead atoms. The highest BCUT2D eigenvalue weighted by molar-refractivity contribution is 5.83. The molecule has 136 valence electrons. The molecule has 2 unspecified atom stereocenters. The van der Waals surface area contributed by atoms with E-state index < -0.39 is 0 Å². The van der Waals surface area contributed by atoms with Gasteiger partial charge in [-0.2, -0.15) is 0 Å². The molecule has 0 radical (unpaired) electrons. The third kappa shape index (κ3) is 3.73. The topological polar surface area (TPSA) is 57.0 Å². The number of carbonyl (C=O) groups excluding carboxylic acids is 2. The molecule has 6 heteroatoms. The number of piperidine rings is 1.